The van der Waals surface area contributed by atoms with E-state index in [9.17, 15) is 9.59 Å². The maximum atomic E-state index is 12.2. The number of nitrogens with one attached hydrogen (secondary N) is 2. The molecule has 2 aliphatic carbocycles. The van der Waals surface area contributed by atoms with Crippen molar-refractivity contribution in [1.29, 1.82) is 0 Å². The van der Waals surface area contributed by atoms with Gasteiger partial charge in [-0.15, -0.1) is 0 Å². The molecule has 2 N–H and O–H groups in total. The summed E-state index contributed by atoms with van der Waals surface area (Å²) in [6.45, 7) is 4.72. The highest BCUT2D eigenvalue weighted by molar-refractivity contribution is 5.95. The number of fused-ring (bicyclic) bond motifs is 1. The Morgan fingerprint density at radius 2 is 2.00 bits per heavy atom. The van der Waals surface area contributed by atoms with E-state index in [1.165, 1.54) is 30.7 Å². The minimum Gasteiger partial charge on any atom is -0.335 e. The van der Waals surface area contributed by atoms with Crippen LogP contribution in [0, 0.1) is 5.92 Å². The van der Waals surface area contributed by atoms with E-state index in [0.29, 0.717) is 18.4 Å². The van der Waals surface area contributed by atoms with Gasteiger partial charge in [0, 0.05) is 25.0 Å². The van der Waals surface area contributed by atoms with Crippen molar-refractivity contribution in [3.63, 3.8) is 0 Å². The van der Waals surface area contributed by atoms with Crippen LogP contribution in [0.25, 0.3) is 0 Å². The van der Waals surface area contributed by atoms with Crippen LogP contribution in [0.3, 0.4) is 0 Å². The van der Waals surface area contributed by atoms with Crippen LogP contribution >= 0.6 is 0 Å². The lowest BCUT2D eigenvalue weighted by Gasteiger charge is -2.29. The summed E-state index contributed by atoms with van der Waals surface area (Å²) >= 11 is 0. The molecule has 2 heterocycles. The first-order chi connectivity index (χ1) is 12.6. The molecule has 4 rings (SSSR count). The van der Waals surface area contributed by atoms with E-state index in [0.717, 1.165) is 32.4 Å². The smallest absolute Gasteiger partial charge is 0.321 e. The number of carbonyl (C=O) groups excluding carboxylic acids is 2. The third kappa shape index (κ3) is 4.09. The van der Waals surface area contributed by atoms with Gasteiger partial charge in [0.1, 0.15) is 0 Å². The monoisotopic (exact) mass is 359 g/mol. The molecule has 26 heavy (non-hydrogen) atoms. The van der Waals surface area contributed by atoms with Gasteiger partial charge in [0.15, 0.2) is 0 Å². The Morgan fingerprint density at radius 3 is 2.77 bits per heavy atom. The molecule has 0 aromatic carbocycles. The van der Waals surface area contributed by atoms with Crippen molar-refractivity contribution in [2.24, 2.45) is 5.92 Å². The van der Waals surface area contributed by atoms with Crippen LogP contribution in [0.2, 0.25) is 0 Å². The van der Waals surface area contributed by atoms with Gasteiger partial charge in [-0.25, -0.2) is 4.79 Å². The first-order valence-corrected chi connectivity index (χ1v) is 9.98. The number of rotatable bonds is 4. The second-order valence-corrected chi connectivity index (χ2v) is 8.16. The van der Waals surface area contributed by atoms with Gasteiger partial charge in [0.25, 0.3) is 0 Å². The zero-order valence-corrected chi connectivity index (χ0v) is 15.5. The molecule has 0 saturated heterocycles. The van der Waals surface area contributed by atoms with Crippen LogP contribution in [-0.4, -0.2) is 45.8 Å². The lowest BCUT2D eigenvalue weighted by molar-refractivity contribution is -0.121. The minimum absolute atomic E-state index is 0.182. The molecule has 142 valence electrons. The molecule has 1 aliphatic heterocycles. The SMILES string of the molecule is CC1CCCCC1NC(=O)NC(=O)CN1CCn2nc(C3CC3)cc2C1. The number of nitrogens with zero attached hydrogens (tertiary/aromatic N) is 3. The van der Waals surface area contributed by atoms with Gasteiger partial charge < -0.3 is 5.32 Å². The summed E-state index contributed by atoms with van der Waals surface area (Å²) in [5.74, 6) is 0.893. The maximum Gasteiger partial charge on any atom is 0.321 e. The summed E-state index contributed by atoms with van der Waals surface area (Å²) < 4.78 is 2.07. The number of urea groups is 1. The van der Waals surface area contributed by atoms with Crippen molar-refractivity contribution in [3.8, 4) is 0 Å². The molecule has 1 aromatic heterocycles. The van der Waals surface area contributed by atoms with Gasteiger partial charge in [-0.3, -0.25) is 19.7 Å². The van der Waals surface area contributed by atoms with Gasteiger partial charge >= 0.3 is 6.03 Å². The van der Waals surface area contributed by atoms with Gasteiger partial charge in [0.2, 0.25) is 5.91 Å². The van der Waals surface area contributed by atoms with E-state index < -0.39 is 0 Å². The largest absolute Gasteiger partial charge is 0.335 e. The van der Waals surface area contributed by atoms with E-state index >= 15 is 0 Å². The zero-order chi connectivity index (χ0) is 18.1. The fourth-order valence-electron chi connectivity index (χ4n) is 4.16. The van der Waals surface area contributed by atoms with Crippen molar-refractivity contribution in [3.05, 3.63) is 17.5 Å². The molecular formula is C19H29N5O2. The summed E-state index contributed by atoms with van der Waals surface area (Å²) in [4.78, 5) is 26.4. The second kappa shape index (κ2) is 7.39. The molecule has 1 aromatic rings. The van der Waals surface area contributed by atoms with Gasteiger partial charge in [-0.05, 0) is 37.7 Å². The molecule has 2 fully saturated rings. The van der Waals surface area contributed by atoms with Crippen LogP contribution < -0.4 is 10.6 Å². The summed E-state index contributed by atoms with van der Waals surface area (Å²) in [5, 5.41) is 10.1. The Morgan fingerprint density at radius 1 is 1.19 bits per heavy atom. The third-order valence-electron chi connectivity index (χ3n) is 5.94. The molecule has 0 bridgehead atoms. The number of amides is 3. The van der Waals surface area contributed by atoms with Crippen LogP contribution in [0.15, 0.2) is 6.07 Å². The molecule has 3 aliphatic rings. The van der Waals surface area contributed by atoms with Crippen molar-refractivity contribution >= 4 is 11.9 Å². The second-order valence-electron chi connectivity index (χ2n) is 8.16. The van der Waals surface area contributed by atoms with Crippen molar-refractivity contribution in [1.82, 2.24) is 25.3 Å². The third-order valence-corrected chi connectivity index (χ3v) is 5.94. The van der Waals surface area contributed by atoms with E-state index in [1.807, 2.05) is 0 Å². The normalized spacial score (nSPS) is 26.2. The fourth-order valence-corrected chi connectivity index (χ4v) is 4.16. The Labute approximate surface area is 154 Å². The van der Waals surface area contributed by atoms with Gasteiger partial charge in [0.05, 0.1) is 24.5 Å². The Balaban J connectivity index is 1.24. The van der Waals surface area contributed by atoms with Crippen molar-refractivity contribution in [2.45, 2.75) is 70.5 Å². The molecular weight excluding hydrogens is 330 g/mol. The quantitative estimate of drug-likeness (QED) is 0.862. The van der Waals surface area contributed by atoms with Gasteiger partial charge in [-0.1, -0.05) is 19.8 Å². The predicted octanol–water partition coefficient (Wildman–Crippen LogP) is 1.98. The number of aromatic nitrogens is 2. The molecule has 7 heteroatoms. The van der Waals surface area contributed by atoms with E-state index in [1.54, 1.807) is 0 Å². The minimum atomic E-state index is -0.355. The van der Waals surface area contributed by atoms with E-state index in [-0.39, 0.29) is 24.5 Å². The standard InChI is InChI=1S/C19H29N5O2/c1-13-4-2-3-5-16(13)20-19(26)21-18(25)12-23-8-9-24-15(11-23)10-17(22-24)14-6-7-14/h10,13-14,16H,2-9,11-12H2,1H3,(H2,20,21,25,26). The highest BCUT2D eigenvalue weighted by atomic mass is 16.2. The topological polar surface area (TPSA) is 79.3 Å². The number of imide groups is 1. The molecule has 2 atom stereocenters. The average molecular weight is 359 g/mol. The zero-order valence-electron chi connectivity index (χ0n) is 15.5. The van der Waals surface area contributed by atoms with E-state index in [2.05, 4.69) is 38.3 Å². The van der Waals surface area contributed by atoms with Crippen LogP contribution in [0.5, 0.6) is 0 Å². The lowest BCUT2D eigenvalue weighted by atomic mass is 9.86. The first kappa shape index (κ1) is 17.5. The van der Waals surface area contributed by atoms with Crippen molar-refractivity contribution < 1.29 is 9.59 Å². The Hall–Kier alpha value is -1.89. The Kier molecular flexibility index (Phi) is 4.98. The molecule has 3 amide bonds. The molecule has 0 spiro atoms. The maximum absolute atomic E-state index is 12.2. The van der Waals surface area contributed by atoms with Crippen molar-refractivity contribution in [2.75, 3.05) is 13.1 Å². The molecule has 2 saturated carbocycles. The summed E-state index contributed by atoms with van der Waals surface area (Å²) in [6, 6.07) is 2.01. The average Bonchev–Trinajstić information content (AvgIpc) is 3.36. The first-order valence-electron chi connectivity index (χ1n) is 9.98. The van der Waals surface area contributed by atoms with Gasteiger partial charge in [-0.2, -0.15) is 5.10 Å². The lowest BCUT2D eigenvalue weighted by Crippen LogP contribution is -2.50. The Bertz CT molecular complexity index is 681. The molecule has 0 radical (unpaired) electrons. The number of carbonyl (C=O) groups is 2. The summed E-state index contributed by atoms with van der Waals surface area (Å²) in [6.07, 6.45) is 7.02. The predicted molar refractivity (Wildman–Crippen MR) is 97.6 cm³/mol. The summed E-state index contributed by atoms with van der Waals surface area (Å²) in [5.41, 5.74) is 2.37. The highest BCUT2D eigenvalue weighted by Crippen LogP contribution is 2.39. The number of hydrogen-bond acceptors (Lipinski definition) is 4. The van der Waals surface area contributed by atoms with E-state index in [4.69, 9.17) is 0 Å². The van der Waals surface area contributed by atoms with Crippen LogP contribution in [0.4, 0.5) is 4.79 Å². The molecule has 7 nitrogen and oxygen atoms in total. The van der Waals surface area contributed by atoms with Crippen LogP contribution in [0.1, 0.15) is 62.8 Å². The molecule has 2 unspecified atom stereocenters. The highest BCUT2D eigenvalue weighted by Gasteiger charge is 2.29. The van der Waals surface area contributed by atoms with Crippen LogP contribution in [-0.2, 0) is 17.9 Å². The number of hydrogen-bond donors (Lipinski definition) is 2. The fraction of sp³-hybridized carbons (Fsp3) is 0.737. The summed E-state index contributed by atoms with van der Waals surface area (Å²) in [7, 11) is 0.